The summed E-state index contributed by atoms with van der Waals surface area (Å²) in [6.45, 7) is 0.130. The molecule has 9 nitrogen and oxygen atoms in total. The van der Waals surface area contributed by atoms with Gasteiger partial charge in [-0.05, 0) is 6.07 Å². The number of halogens is 1. The number of aryl methyl sites for hydroxylation is 1. The third-order valence-electron chi connectivity index (χ3n) is 2.78. The number of nitrogens with two attached hydrogens (primary N) is 1. The lowest BCUT2D eigenvalue weighted by Crippen LogP contribution is -2.24. The third kappa shape index (κ3) is 3.08. The van der Waals surface area contributed by atoms with Crippen LogP contribution >= 0.6 is 11.6 Å². The minimum atomic E-state index is -0.694. The van der Waals surface area contributed by atoms with Gasteiger partial charge in [0.1, 0.15) is 12.0 Å². The summed E-state index contributed by atoms with van der Waals surface area (Å²) < 4.78 is 1.64. The first-order valence-electron chi connectivity index (χ1n) is 5.74. The standard InChI is InChI=1S/C11H11ClN6O3/c1-17-5-15-16-9(17)4-14-11(19)6-2-7(12)10(13)8(3-6)18(20)21/h2-3,5H,4,13H2,1H3,(H,14,19). The topological polar surface area (TPSA) is 129 Å². The number of nitrogens with one attached hydrogen (secondary N) is 1. The van der Waals surface area contributed by atoms with Crippen LogP contribution in [0.3, 0.4) is 0 Å². The third-order valence-corrected chi connectivity index (χ3v) is 3.09. The van der Waals surface area contributed by atoms with Crippen molar-refractivity contribution in [2.75, 3.05) is 5.73 Å². The molecule has 0 saturated carbocycles. The van der Waals surface area contributed by atoms with E-state index in [-0.39, 0.29) is 22.8 Å². The fourth-order valence-corrected chi connectivity index (χ4v) is 1.83. The van der Waals surface area contributed by atoms with E-state index in [2.05, 4.69) is 15.5 Å². The van der Waals surface area contributed by atoms with E-state index in [9.17, 15) is 14.9 Å². The van der Waals surface area contributed by atoms with E-state index in [1.807, 2.05) is 0 Å². The van der Waals surface area contributed by atoms with Crippen molar-refractivity contribution >= 4 is 28.9 Å². The lowest BCUT2D eigenvalue weighted by atomic mass is 10.1. The van der Waals surface area contributed by atoms with Gasteiger partial charge < -0.3 is 15.6 Å². The van der Waals surface area contributed by atoms with Crippen molar-refractivity contribution < 1.29 is 9.72 Å². The Hall–Kier alpha value is -2.68. The Bertz CT molecular complexity index is 714. The van der Waals surface area contributed by atoms with Crippen molar-refractivity contribution in [2.45, 2.75) is 6.54 Å². The Morgan fingerprint density at radius 3 is 2.86 bits per heavy atom. The van der Waals surface area contributed by atoms with Gasteiger partial charge in [0.2, 0.25) is 0 Å². The van der Waals surface area contributed by atoms with Gasteiger partial charge in [-0.1, -0.05) is 11.6 Å². The molecule has 2 aromatic rings. The number of nitrogens with zero attached hydrogens (tertiary/aromatic N) is 4. The van der Waals surface area contributed by atoms with E-state index in [1.165, 1.54) is 12.4 Å². The molecule has 0 aliphatic carbocycles. The van der Waals surface area contributed by atoms with Crippen LogP contribution in [0.25, 0.3) is 0 Å². The molecule has 1 heterocycles. The average molecular weight is 311 g/mol. The second kappa shape index (κ2) is 5.75. The Kier molecular flexibility index (Phi) is 4.03. The number of hydrogen-bond donors (Lipinski definition) is 2. The molecule has 0 saturated heterocycles. The van der Waals surface area contributed by atoms with Gasteiger partial charge in [-0.2, -0.15) is 0 Å². The van der Waals surface area contributed by atoms with Gasteiger partial charge in [-0.25, -0.2) is 0 Å². The quantitative estimate of drug-likeness (QED) is 0.490. The summed E-state index contributed by atoms with van der Waals surface area (Å²) in [4.78, 5) is 22.2. The van der Waals surface area contributed by atoms with Gasteiger partial charge >= 0.3 is 0 Å². The van der Waals surface area contributed by atoms with Crippen LogP contribution in [-0.2, 0) is 13.6 Å². The van der Waals surface area contributed by atoms with E-state index < -0.39 is 16.5 Å². The second-order valence-electron chi connectivity index (χ2n) is 4.19. The molecule has 1 amide bonds. The summed E-state index contributed by atoms with van der Waals surface area (Å²) in [5, 5.41) is 20.8. The zero-order valence-electron chi connectivity index (χ0n) is 10.9. The number of nitro groups is 1. The predicted molar refractivity (Wildman–Crippen MR) is 74.7 cm³/mol. The maximum atomic E-state index is 12.0. The number of aromatic nitrogens is 3. The first-order chi connectivity index (χ1) is 9.90. The number of carbonyl (C=O) groups is 1. The molecule has 1 aromatic carbocycles. The molecular formula is C11H11ClN6O3. The van der Waals surface area contributed by atoms with Crippen molar-refractivity contribution in [1.82, 2.24) is 20.1 Å². The molecule has 1 aromatic heterocycles. The zero-order valence-corrected chi connectivity index (χ0v) is 11.7. The van der Waals surface area contributed by atoms with Crippen LogP contribution in [0.4, 0.5) is 11.4 Å². The minimum Gasteiger partial charge on any atom is -0.392 e. The molecule has 10 heteroatoms. The summed E-state index contributed by atoms with van der Waals surface area (Å²) in [6.07, 6.45) is 1.49. The molecule has 110 valence electrons. The first-order valence-corrected chi connectivity index (χ1v) is 6.12. The highest BCUT2D eigenvalue weighted by Crippen LogP contribution is 2.30. The number of anilines is 1. The number of carbonyl (C=O) groups excluding carboxylic acids is 1. The van der Waals surface area contributed by atoms with Crippen LogP contribution in [-0.4, -0.2) is 25.6 Å². The summed E-state index contributed by atoms with van der Waals surface area (Å²) in [5.41, 5.74) is 4.96. The molecule has 0 atom stereocenters. The van der Waals surface area contributed by atoms with Gasteiger partial charge in [-0.15, -0.1) is 10.2 Å². The highest BCUT2D eigenvalue weighted by Gasteiger charge is 2.19. The molecule has 0 aliphatic rings. The highest BCUT2D eigenvalue weighted by atomic mass is 35.5. The molecule has 0 fully saturated rings. The molecular weight excluding hydrogens is 300 g/mol. The SMILES string of the molecule is Cn1cnnc1CNC(=O)c1cc(Cl)c(N)c([N+](=O)[O-])c1. The monoisotopic (exact) mass is 310 g/mol. The molecule has 0 unspecified atom stereocenters. The maximum absolute atomic E-state index is 12.0. The van der Waals surface area contributed by atoms with Gasteiger partial charge in [0.15, 0.2) is 5.82 Å². The van der Waals surface area contributed by atoms with Crippen molar-refractivity contribution in [3.8, 4) is 0 Å². The molecule has 21 heavy (non-hydrogen) atoms. The predicted octanol–water partition coefficient (Wildman–Crippen LogP) is 0.889. The smallest absolute Gasteiger partial charge is 0.294 e. The lowest BCUT2D eigenvalue weighted by molar-refractivity contribution is -0.383. The minimum absolute atomic E-state index is 0.0445. The number of benzene rings is 1. The van der Waals surface area contributed by atoms with E-state index in [4.69, 9.17) is 17.3 Å². The van der Waals surface area contributed by atoms with Crippen LogP contribution in [0.5, 0.6) is 0 Å². The largest absolute Gasteiger partial charge is 0.392 e. The first kappa shape index (κ1) is 14.7. The van der Waals surface area contributed by atoms with Gasteiger partial charge in [0, 0.05) is 18.7 Å². The Morgan fingerprint density at radius 2 is 2.29 bits per heavy atom. The molecule has 0 radical (unpaired) electrons. The molecule has 0 spiro atoms. The second-order valence-corrected chi connectivity index (χ2v) is 4.60. The zero-order chi connectivity index (χ0) is 15.6. The molecule has 3 N–H and O–H groups in total. The highest BCUT2D eigenvalue weighted by molar-refractivity contribution is 6.34. The maximum Gasteiger partial charge on any atom is 0.294 e. The van der Waals surface area contributed by atoms with E-state index in [0.717, 1.165) is 6.07 Å². The lowest BCUT2D eigenvalue weighted by Gasteiger charge is -2.07. The molecule has 0 aliphatic heterocycles. The van der Waals surface area contributed by atoms with Crippen LogP contribution in [0, 0.1) is 10.1 Å². The van der Waals surface area contributed by atoms with Crippen LogP contribution in [0.2, 0.25) is 5.02 Å². The summed E-state index contributed by atoms with van der Waals surface area (Å²) in [6, 6.07) is 2.35. The summed E-state index contributed by atoms with van der Waals surface area (Å²) >= 11 is 5.80. The van der Waals surface area contributed by atoms with Gasteiger partial charge in [0.05, 0.1) is 16.5 Å². The number of nitro benzene ring substituents is 1. The van der Waals surface area contributed by atoms with Crippen molar-refractivity contribution in [1.29, 1.82) is 0 Å². The number of nitrogen functional groups attached to an aromatic ring is 1. The number of amides is 1. The Balaban J connectivity index is 2.20. The van der Waals surface area contributed by atoms with E-state index in [1.54, 1.807) is 11.6 Å². The number of hydrogen-bond acceptors (Lipinski definition) is 6. The van der Waals surface area contributed by atoms with Crippen molar-refractivity contribution in [3.05, 3.63) is 45.0 Å². The molecule has 0 bridgehead atoms. The van der Waals surface area contributed by atoms with Crippen LogP contribution in [0.1, 0.15) is 16.2 Å². The van der Waals surface area contributed by atoms with E-state index >= 15 is 0 Å². The van der Waals surface area contributed by atoms with Gasteiger partial charge in [0.25, 0.3) is 11.6 Å². The average Bonchev–Trinajstić information content (AvgIpc) is 2.84. The van der Waals surface area contributed by atoms with Crippen LogP contribution in [0.15, 0.2) is 18.5 Å². The molecule has 2 rings (SSSR count). The fourth-order valence-electron chi connectivity index (χ4n) is 1.61. The fraction of sp³-hybridized carbons (Fsp3) is 0.182. The normalized spacial score (nSPS) is 10.4. The Morgan fingerprint density at radius 1 is 1.57 bits per heavy atom. The van der Waals surface area contributed by atoms with Crippen molar-refractivity contribution in [3.63, 3.8) is 0 Å². The summed E-state index contributed by atoms with van der Waals surface area (Å²) in [7, 11) is 1.73. The van der Waals surface area contributed by atoms with Crippen LogP contribution < -0.4 is 11.1 Å². The van der Waals surface area contributed by atoms with Crippen molar-refractivity contribution in [2.24, 2.45) is 7.05 Å². The van der Waals surface area contributed by atoms with Gasteiger partial charge in [-0.3, -0.25) is 14.9 Å². The summed E-state index contributed by atoms with van der Waals surface area (Å²) in [5.74, 6) is 0.0161. The Labute approximate surface area is 123 Å². The van der Waals surface area contributed by atoms with E-state index in [0.29, 0.717) is 5.82 Å². The number of rotatable bonds is 4.